The van der Waals surface area contributed by atoms with E-state index in [2.05, 4.69) is 4.98 Å². The topological polar surface area (TPSA) is 39.2 Å². The van der Waals surface area contributed by atoms with Gasteiger partial charge in [0.15, 0.2) is 5.78 Å². The molecule has 1 aromatic heterocycles. The lowest BCUT2D eigenvalue weighted by Crippen LogP contribution is -2.23. The quantitative estimate of drug-likeness (QED) is 0.688. The number of carbonyl (C=O) groups excluding carboxylic acids is 1. The average Bonchev–Trinajstić information content (AvgIpc) is 2.22. The lowest BCUT2D eigenvalue weighted by Gasteiger charge is -2.22. The number of fused-ring (bicyclic) bond motifs is 1. The number of rotatable bonds is 0. The Bertz CT molecular complexity index is 442. The molecule has 3 nitrogen and oxygen atoms in total. The van der Waals surface area contributed by atoms with E-state index >= 15 is 0 Å². The molecular formula is C10H8F3NO2. The molecule has 0 saturated heterocycles. The number of alkyl halides is 3. The van der Waals surface area contributed by atoms with Gasteiger partial charge in [-0.3, -0.25) is 9.78 Å². The first-order chi connectivity index (χ1) is 7.39. The van der Waals surface area contributed by atoms with Crippen LogP contribution in [0.2, 0.25) is 0 Å². The van der Waals surface area contributed by atoms with Crippen molar-refractivity contribution in [3.8, 4) is 0 Å². The fraction of sp³-hybridized carbons (Fsp3) is 0.400. The summed E-state index contributed by atoms with van der Waals surface area (Å²) in [5.74, 6) is -0.339. The van der Waals surface area contributed by atoms with Gasteiger partial charge in [-0.1, -0.05) is 0 Å². The maximum atomic E-state index is 12.4. The van der Waals surface area contributed by atoms with Gasteiger partial charge in [-0.05, 0) is 18.6 Å². The summed E-state index contributed by atoms with van der Waals surface area (Å²) >= 11 is 0. The Kier molecular flexibility index (Phi) is 2.46. The third-order valence-corrected chi connectivity index (χ3v) is 2.43. The molecule has 0 aliphatic carbocycles. The predicted molar refractivity (Wildman–Crippen MR) is 47.9 cm³/mol. The van der Waals surface area contributed by atoms with E-state index in [0.29, 0.717) is 0 Å². The van der Waals surface area contributed by atoms with Gasteiger partial charge in [-0.25, -0.2) is 0 Å². The highest BCUT2D eigenvalue weighted by Gasteiger charge is 2.35. The monoisotopic (exact) mass is 231 g/mol. The van der Waals surface area contributed by atoms with Crippen LogP contribution in [0.1, 0.15) is 34.6 Å². The minimum Gasteiger partial charge on any atom is -0.366 e. The molecule has 1 aliphatic rings. The number of aromatic nitrogens is 1. The van der Waals surface area contributed by atoms with Crippen molar-refractivity contribution in [3.63, 3.8) is 0 Å². The second-order valence-corrected chi connectivity index (χ2v) is 3.53. The number of hydrogen-bond donors (Lipinski definition) is 0. The second kappa shape index (κ2) is 3.55. The van der Waals surface area contributed by atoms with Crippen molar-refractivity contribution < 1.29 is 22.7 Å². The third kappa shape index (κ3) is 1.80. The summed E-state index contributed by atoms with van der Waals surface area (Å²) in [6, 6.07) is 0.872. The number of hydrogen-bond acceptors (Lipinski definition) is 3. The molecule has 2 rings (SSSR count). The largest absolute Gasteiger partial charge is 0.433 e. The molecule has 2 heterocycles. The normalized spacial score (nSPS) is 20.8. The number of ether oxygens (including phenoxy) is 1. The van der Waals surface area contributed by atoms with E-state index in [4.69, 9.17) is 4.74 Å². The SMILES string of the molecule is C[C@H]1OCC(=O)c2cnc(C(F)(F)F)cc21. The van der Waals surface area contributed by atoms with E-state index in [0.717, 1.165) is 12.3 Å². The highest BCUT2D eigenvalue weighted by atomic mass is 19.4. The number of halogens is 3. The Morgan fingerprint density at radius 2 is 2.19 bits per heavy atom. The molecule has 1 aromatic rings. The zero-order valence-electron chi connectivity index (χ0n) is 8.34. The minimum atomic E-state index is -4.50. The van der Waals surface area contributed by atoms with Gasteiger partial charge in [-0.2, -0.15) is 13.2 Å². The third-order valence-electron chi connectivity index (χ3n) is 2.43. The molecule has 16 heavy (non-hydrogen) atoms. The van der Waals surface area contributed by atoms with Gasteiger partial charge in [0.2, 0.25) is 0 Å². The molecule has 0 fully saturated rings. The molecule has 0 unspecified atom stereocenters. The van der Waals surface area contributed by atoms with Crippen molar-refractivity contribution in [2.75, 3.05) is 6.61 Å². The summed E-state index contributed by atoms with van der Waals surface area (Å²) in [7, 11) is 0. The van der Waals surface area contributed by atoms with Crippen molar-refractivity contribution in [1.29, 1.82) is 0 Å². The van der Waals surface area contributed by atoms with Crippen LogP contribution < -0.4 is 0 Å². The Morgan fingerprint density at radius 1 is 1.50 bits per heavy atom. The van der Waals surface area contributed by atoms with Crippen LogP contribution in [0.25, 0.3) is 0 Å². The lowest BCUT2D eigenvalue weighted by molar-refractivity contribution is -0.141. The molecule has 86 valence electrons. The number of Topliss-reactive ketones (excluding diaryl/α,β-unsaturated/α-hetero) is 1. The Labute approximate surface area is 89.2 Å². The van der Waals surface area contributed by atoms with Crippen LogP contribution in [0.5, 0.6) is 0 Å². The van der Waals surface area contributed by atoms with Crippen molar-refractivity contribution in [2.45, 2.75) is 19.2 Å². The fourth-order valence-corrected chi connectivity index (χ4v) is 1.56. The van der Waals surface area contributed by atoms with E-state index < -0.39 is 18.0 Å². The van der Waals surface area contributed by atoms with Crippen LogP contribution in [0.4, 0.5) is 13.2 Å². The lowest BCUT2D eigenvalue weighted by atomic mass is 9.99. The Balaban J connectivity index is 2.52. The fourth-order valence-electron chi connectivity index (χ4n) is 1.56. The van der Waals surface area contributed by atoms with E-state index in [9.17, 15) is 18.0 Å². The smallest absolute Gasteiger partial charge is 0.366 e. The first-order valence-electron chi connectivity index (χ1n) is 4.61. The van der Waals surface area contributed by atoms with E-state index in [1.54, 1.807) is 6.92 Å². The average molecular weight is 231 g/mol. The molecule has 0 amide bonds. The number of carbonyl (C=O) groups is 1. The molecule has 0 spiro atoms. The number of pyridine rings is 1. The van der Waals surface area contributed by atoms with Gasteiger partial charge < -0.3 is 4.74 Å². The molecule has 1 aliphatic heterocycles. The first-order valence-corrected chi connectivity index (χ1v) is 4.61. The molecule has 0 N–H and O–H groups in total. The van der Waals surface area contributed by atoms with Crippen LogP contribution in [0.3, 0.4) is 0 Å². The standard InChI is InChI=1S/C10H8F3NO2/c1-5-6-2-9(10(11,12)13)14-3-7(6)8(15)4-16-5/h2-3,5H,4H2,1H3/t5-/m1/s1. The second-order valence-electron chi connectivity index (χ2n) is 3.53. The summed E-state index contributed by atoms with van der Waals surface area (Å²) in [5.41, 5.74) is -0.540. The Hall–Kier alpha value is -1.43. The van der Waals surface area contributed by atoms with Crippen molar-refractivity contribution >= 4 is 5.78 Å². The molecule has 1 atom stereocenters. The van der Waals surface area contributed by atoms with Gasteiger partial charge >= 0.3 is 6.18 Å². The zero-order valence-corrected chi connectivity index (χ0v) is 8.34. The zero-order chi connectivity index (χ0) is 11.9. The van der Waals surface area contributed by atoms with Crippen LogP contribution in [-0.4, -0.2) is 17.4 Å². The first kappa shape index (κ1) is 11.1. The van der Waals surface area contributed by atoms with Gasteiger partial charge in [0, 0.05) is 11.8 Å². The summed E-state index contributed by atoms with van der Waals surface area (Å²) in [6.45, 7) is 1.49. The summed E-state index contributed by atoms with van der Waals surface area (Å²) in [6.07, 6.45) is -4.05. The maximum absolute atomic E-state index is 12.4. The van der Waals surface area contributed by atoms with Crippen LogP contribution in [0, 0.1) is 0 Å². The van der Waals surface area contributed by atoms with Gasteiger partial charge in [0.05, 0.1) is 6.10 Å². The molecule has 0 radical (unpaired) electrons. The van der Waals surface area contributed by atoms with Crippen LogP contribution >= 0.6 is 0 Å². The van der Waals surface area contributed by atoms with Crippen molar-refractivity contribution in [2.24, 2.45) is 0 Å². The summed E-state index contributed by atoms with van der Waals surface area (Å²) < 4.78 is 42.2. The molecule has 0 saturated carbocycles. The van der Waals surface area contributed by atoms with Crippen molar-refractivity contribution in [3.05, 3.63) is 29.1 Å². The number of ketones is 1. The van der Waals surface area contributed by atoms with Crippen LogP contribution in [-0.2, 0) is 10.9 Å². The van der Waals surface area contributed by atoms with E-state index in [-0.39, 0.29) is 23.5 Å². The molecule has 0 aromatic carbocycles. The molecule has 0 bridgehead atoms. The maximum Gasteiger partial charge on any atom is 0.433 e. The molecular weight excluding hydrogens is 223 g/mol. The number of nitrogens with zero attached hydrogens (tertiary/aromatic N) is 1. The molecule has 6 heteroatoms. The summed E-state index contributed by atoms with van der Waals surface area (Å²) in [5, 5.41) is 0. The highest BCUT2D eigenvalue weighted by molar-refractivity contribution is 5.99. The van der Waals surface area contributed by atoms with E-state index in [1.165, 1.54) is 0 Å². The predicted octanol–water partition coefficient (Wildman–Crippen LogP) is 2.37. The van der Waals surface area contributed by atoms with Crippen LogP contribution in [0.15, 0.2) is 12.3 Å². The van der Waals surface area contributed by atoms with Gasteiger partial charge in [0.1, 0.15) is 12.3 Å². The minimum absolute atomic E-state index is 0.110. The van der Waals surface area contributed by atoms with E-state index in [1.807, 2.05) is 0 Å². The van der Waals surface area contributed by atoms with Gasteiger partial charge in [0.25, 0.3) is 0 Å². The Morgan fingerprint density at radius 3 is 2.81 bits per heavy atom. The van der Waals surface area contributed by atoms with Gasteiger partial charge in [-0.15, -0.1) is 0 Å². The summed E-state index contributed by atoms with van der Waals surface area (Å²) in [4.78, 5) is 14.6. The highest BCUT2D eigenvalue weighted by Crippen LogP contribution is 2.32. The van der Waals surface area contributed by atoms with Crippen molar-refractivity contribution in [1.82, 2.24) is 4.98 Å².